The Labute approximate surface area is 167 Å². The average Bonchev–Trinajstić information content (AvgIpc) is 3.03. The van der Waals surface area contributed by atoms with E-state index in [1.54, 1.807) is 31.2 Å². The van der Waals surface area contributed by atoms with E-state index in [0.717, 1.165) is 16.3 Å². The molecule has 1 atom stereocenters. The molecule has 0 fully saturated rings. The monoisotopic (exact) mass is 389 g/mol. The molecule has 1 heterocycles. The van der Waals surface area contributed by atoms with Gasteiger partial charge in [0.1, 0.15) is 5.75 Å². The van der Waals surface area contributed by atoms with Crippen molar-refractivity contribution < 1.29 is 23.9 Å². The minimum Gasteiger partial charge on any atom is -0.482 e. The maximum atomic E-state index is 12.3. The van der Waals surface area contributed by atoms with Crippen LogP contribution in [0.2, 0.25) is 0 Å². The lowest BCUT2D eigenvalue weighted by molar-refractivity contribution is -0.144. The Bertz CT molecular complexity index is 1120. The van der Waals surface area contributed by atoms with Crippen molar-refractivity contribution in [3.63, 3.8) is 0 Å². The number of hydrogen-bond acceptors (Lipinski definition) is 5. The summed E-state index contributed by atoms with van der Waals surface area (Å²) in [6, 6.07) is 18.3. The second-order valence-electron chi connectivity index (χ2n) is 6.89. The molecule has 1 amide bonds. The van der Waals surface area contributed by atoms with Crippen LogP contribution in [0.1, 0.15) is 28.8 Å². The molecule has 3 aromatic rings. The number of esters is 1. The first-order chi connectivity index (χ1) is 14.0. The summed E-state index contributed by atoms with van der Waals surface area (Å²) in [5, 5.41) is 4.84. The number of benzene rings is 3. The van der Waals surface area contributed by atoms with Gasteiger partial charge in [-0.25, -0.2) is 4.79 Å². The van der Waals surface area contributed by atoms with Crippen molar-refractivity contribution in [3.05, 3.63) is 71.8 Å². The van der Waals surface area contributed by atoms with Crippen LogP contribution in [-0.2, 0) is 14.3 Å². The van der Waals surface area contributed by atoms with Crippen LogP contribution in [0.5, 0.6) is 5.75 Å². The molecule has 0 unspecified atom stereocenters. The van der Waals surface area contributed by atoms with Crippen molar-refractivity contribution in [1.82, 2.24) is 0 Å². The van der Waals surface area contributed by atoms with Gasteiger partial charge in [0.15, 0.2) is 19.0 Å². The molecule has 1 aliphatic heterocycles. The predicted octanol–water partition coefficient (Wildman–Crippen LogP) is 3.70. The molecular formula is C23H19NO5. The molecule has 29 heavy (non-hydrogen) atoms. The van der Waals surface area contributed by atoms with E-state index in [2.05, 4.69) is 5.32 Å². The minimum absolute atomic E-state index is 0.0955. The molecule has 4 rings (SSSR count). The largest absolute Gasteiger partial charge is 0.482 e. The molecule has 1 aliphatic rings. The molecule has 146 valence electrons. The van der Waals surface area contributed by atoms with Crippen LogP contribution in [-0.4, -0.2) is 30.9 Å². The molecule has 6 nitrogen and oxygen atoms in total. The summed E-state index contributed by atoms with van der Waals surface area (Å²) >= 11 is 0. The van der Waals surface area contributed by atoms with Crippen molar-refractivity contribution in [2.75, 3.05) is 18.5 Å². The lowest BCUT2D eigenvalue weighted by Gasteiger charge is -2.08. The van der Waals surface area contributed by atoms with Gasteiger partial charge < -0.3 is 14.8 Å². The normalized spacial score (nSPS) is 14.9. The summed E-state index contributed by atoms with van der Waals surface area (Å²) in [7, 11) is 0. The Balaban J connectivity index is 1.31. The molecule has 0 bridgehead atoms. The first-order valence-corrected chi connectivity index (χ1v) is 9.26. The summed E-state index contributed by atoms with van der Waals surface area (Å²) in [5.74, 6) is -0.814. The van der Waals surface area contributed by atoms with E-state index in [-0.39, 0.29) is 30.8 Å². The SMILES string of the molecule is C[C@@H]1C(=O)Nc2ccc(C(=O)COC(=O)COc3ccc4ccccc4c3)cc21. The number of hydrogen-bond donors (Lipinski definition) is 1. The number of amides is 1. The molecule has 3 aromatic carbocycles. The number of anilines is 1. The fourth-order valence-corrected chi connectivity index (χ4v) is 3.26. The van der Waals surface area contributed by atoms with E-state index in [1.165, 1.54) is 0 Å². The standard InChI is InChI=1S/C23H19NO5/c1-14-19-11-17(7-9-20(19)24-23(14)27)21(25)12-29-22(26)13-28-18-8-6-15-4-2-3-5-16(15)10-18/h2-11,14H,12-13H2,1H3,(H,24,27)/t14-/m0/s1. The van der Waals surface area contributed by atoms with E-state index in [1.807, 2.05) is 36.4 Å². The Hall–Kier alpha value is -3.67. The van der Waals surface area contributed by atoms with Crippen LogP contribution in [0.25, 0.3) is 10.8 Å². The number of carbonyl (C=O) groups excluding carboxylic acids is 3. The third kappa shape index (κ3) is 3.96. The van der Waals surface area contributed by atoms with Crippen molar-refractivity contribution in [3.8, 4) is 5.75 Å². The van der Waals surface area contributed by atoms with E-state index >= 15 is 0 Å². The molecule has 0 saturated heterocycles. The van der Waals surface area contributed by atoms with Gasteiger partial charge >= 0.3 is 5.97 Å². The molecule has 6 heteroatoms. The first kappa shape index (κ1) is 18.7. The highest BCUT2D eigenvalue weighted by Crippen LogP contribution is 2.32. The zero-order valence-electron chi connectivity index (χ0n) is 15.8. The number of ketones is 1. The maximum absolute atomic E-state index is 12.3. The summed E-state index contributed by atoms with van der Waals surface area (Å²) in [6.07, 6.45) is 0. The van der Waals surface area contributed by atoms with Gasteiger partial charge in [-0.15, -0.1) is 0 Å². The van der Waals surface area contributed by atoms with Gasteiger partial charge in [0.25, 0.3) is 0 Å². The van der Waals surface area contributed by atoms with Crippen molar-refractivity contribution in [2.45, 2.75) is 12.8 Å². The number of rotatable bonds is 6. The summed E-state index contributed by atoms with van der Waals surface area (Å²) < 4.78 is 10.5. The predicted molar refractivity (Wildman–Crippen MR) is 108 cm³/mol. The van der Waals surface area contributed by atoms with Crippen molar-refractivity contribution in [1.29, 1.82) is 0 Å². The Morgan fingerprint density at radius 3 is 2.59 bits per heavy atom. The van der Waals surface area contributed by atoms with Crippen LogP contribution in [0.4, 0.5) is 5.69 Å². The minimum atomic E-state index is -0.627. The number of Topliss-reactive ketones (excluding diaryl/α,β-unsaturated/α-hetero) is 1. The number of carbonyl (C=O) groups is 3. The van der Waals surface area contributed by atoms with Gasteiger partial charge in [-0.2, -0.15) is 0 Å². The average molecular weight is 389 g/mol. The second kappa shape index (κ2) is 7.75. The molecule has 0 aliphatic carbocycles. The van der Waals surface area contributed by atoms with Gasteiger partial charge in [-0.1, -0.05) is 30.3 Å². The highest BCUT2D eigenvalue weighted by Gasteiger charge is 2.27. The quantitative estimate of drug-likeness (QED) is 0.514. The fourth-order valence-electron chi connectivity index (χ4n) is 3.26. The molecule has 0 spiro atoms. The summed E-state index contributed by atoms with van der Waals surface area (Å²) in [4.78, 5) is 36.0. The topological polar surface area (TPSA) is 81.7 Å². The fraction of sp³-hybridized carbons (Fsp3) is 0.174. The zero-order valence-corrected chi connectivity index (χ0v) is 15.8. The second-order valence-corrected chi connectivity index (χ2v) is 6.89. The van der Waals surface area contributed by atoms with Crippen LogP contribution in [0.15, 0.2) is 60.7 Å². The van der Waals surface area contributed by atoms with E-state index < -0.39 is 5.97 Å². The summed E-state index contributed by atoms with van der Waals surface area (Å²) in [6.45, 7) is 1.11. The van der Waals surface area contributed by atoms with Crippen molar-refractivity contribution >= 4 is 34.1 Å². The highest BCUT2D eigenvalue weighted by molar-refractivity contribution is 6.05. The highest BCUT2D eigenvalue weighted by atomic mass is 16.6. The van der Waals surface area contributed by atoms with Crippen molar-refractivity contribution in [2.24, 2.45) is 0 Å². The Morgan fingerprint density at radius 2 is 1.76 bits per heavy atom. The van der Waals surface area contributed by atoms with E-state index in [4.69, 9.17) is 9.47 Å². The van der Waals surface area contributed by atoms with Gasteiger partial charge in [-0.3, -0.25) is 9.59 Å². The van der Waals surface area contributed by atoms with Gasteiger partial charge in [0.2, 0.25) is 5.91 Å². The number of nitrogens with one attached hydrogen (secondary N) is 1. The number of ether oxygens (including phenoxy) is 2. The molecule has 0 radical (unpaired) electrons. The third-order valence-electron chi connectivity index (χ3n) is 4.93. The van der Waals surface area contributed by atoms with E-state index in [9.17, 15) is 14.4 Å². The molecule has 0 saturated carbocycles. The first-order valence-electron chi connectivity index (χ1n) is 9.26. The van der Waals surface area contributed by atoms with Crippen LogP contribution < -0.4 is 10.1 Å². The van der Waals surface area contributed by atoms with Crippen LogP contribution >= 0.6 is 0 Å². The zero-order chi connectivity index (χ0) is 20.4. The van der Waals surface area contributed by atoms with Crippen LogP contribution in [0.3, 0.4) is 0 Å². The Morgan fingerprint density at radius 1 is 0.966 bits per heavy atom. The smallest absolute Gasteiger partial charge is 0.344 e. The van der Waals surface area contributed by atoms with Crippen LogP contribution in [0, 0.1) is 0 Å². The number of fused-ring (bicyclic) bond motifs is 2. The Kier molecular flexibility index (Phi) is 4.99. The summed E-state index contributed by atoms with van der Waals surface area (Å²) in [5.41, 5.74) is 1.88. The van der Waals surface area contributed by atoms with Gasteiger partial charge in [-0.05, 0) is 53.6 Å². The molecule has 1 N–H and O–H groups in total. The lowest BCUT2D eigenvalue weighted by Crippen LogP contribution is -2.19. The third-order valence-corrected chi connectivity index (χ3v) is 4.93. The van der Waals surface area contributed by atoms with Gasteiger partial charge in [0.05, 0.1) is 5.92 Å². The molecular weight excluding hydrogens is 370 g/mol. The maximum Gasteiger partial charge on any atom is 0.344 e. The van der Waals surface area contributed by atoms with E-state index in [0.29, 0.717) is 17.0 Å². The van der Waals surface area contributed by atoms with Gasteiger partial charge in [0, 0.05) is 11.3 Å². The molecule has 0 aromatic heterocycles. The lowest BCUT2D eigenvalue weighted by atomic mass is 9.99.